The Morgan fingerprint density at radius 3 is 2.39 bits per heavy atom. The predicted molar refractivity (Wildman–Crippen MR) is 59.9 cm³/mol. The van der Waals surface area contributed by atoms with Crippen molar-refractivity contribution in [3.05, 3.63) is 29.6 Å². The number of alkyl halides is 3. The van der Waals surface area contributed by atoms with Crippen LogP contribution in [0.25, 0.3) is 0 Å². The number of aromatic nitrogens is 1. The lowest BCUT2D eigenvalue weighted by Crippen LogP contribution is -2.16. The molecule has 1 fully saturated rings. The molecule has 0 bridgehead atoms. The van der Waals surface area contributed by atoms with Gasteiger partial charge in [0, 0.05) is 24.7 Å². The molecule has 1 aromatic heterocycles. The smallest absolute Gasteiger partial charge is 0.300 e. The van der Waals surface area contributed by atoms with Crippen LogP contribution in [0.4, 0.5) is 13.2 Å². The summed E-state index contributed by atoms with van der Waals surface area (Å²) >= 11 is 0. The molecule has 1 heterocycles. The summed E-state index contributed by atoms with van der Waals surface area (Å²) in [6.07, 6.45) is 0.0250. The summed E-state index contributed by atoms with van der Waals surface area (Å²) in [6.45, 7) is 0. The minimum atomic E-state index is -4.33. The van der Waals surface area contributed by atoms with E-state index < -0.39 is 11.7 Å². The number of pyridine rings is 1. The number of halogens is 3. The molecule has 0 amide bonds. The second-order valence-electron chi connectivity index (χ2n) is 4.72. The van der Waals surface area contributed by atoms with Crippen LogP contribution >= 0.6 is 0 Å². The number of nitrogens with zero attached hydrogens (tertiary/aromatic N) is 1. The van der Waals surface area contributed by atoms with Gasteiger partial charge in [0.1, 0.15) is 5.78 Å². The Morgan fingerprint density at radius 1 is 1.22 bits per heavy atom. The Balaban J connectivity index is 1.96. The van der Waals surface area contributed by atoms with Crippen LogP contribution in [0.5, 0.6) is 0 Å². The van der Waals surface area contributed by atoms with Crippen molar-refractivity contribution >= 4 is 5.78 Å². The van der Waals surface area contributed by atoms with Crippen LogP contribution in [-0.4, -0.2) is 10.8 Å². The second kappa shape index (κ2) is 5.08. The van der Waals surface area contributed by atoms with Crippen molar-refractivity contribution < 1.29 is 18.0 Å². The van der Waals surface area contributed by atoms with E-state index in [9.17, 15) is 18.0 Å². The molecule has 0 radical (unpaired) electrons. The summed E-state index contributed by atoms with van der Waals surface area (Å²) < 4.78 is 37.0. The Kier molecular flexibility index (Phi) is 3.68. The Bertz CT molecular complexity index is 415. The highest BCUT2D eigenvalue weighted by molar-refractivity contribution is 5.79. The van der Waals surface area contributed by atoms with Gasteiger partial charge in [-0.05, 0) is 37.3 Å². The molecule has 5 heteroatoms. The molecule has 0 spiro atoms. The van der Waals surface area contributed by atoms with E-state index in [-0.39, 0.29) is 5.78 Å². The molecule has 0 unspecified atom stereocenters. The molecule has 1 aliphatic carbocycles. The third-order valence-electron chi connectivity index (χ3n) is 3.31. The van der Waals surface area contributed by atoms with Gasteiger partial charge in [0.05, 0.1) is 5.56 Å². The summed E-state index contributed by atoms with van der Waals surface area (Å²) in [4.78, 5) is 14.9. The van der Waals surface area contributed by atoms with Crippen molar-refractivity contribution in [1.29, 1.82) is 0 Å². The minimum absolute atomic E-state index is 0.284. The molecular weight excluding hydrogens is 243 g/mol. The molecule has 1 saturated carbocycles. The van der Waals surface area contributed by atoms with E-state index in [0.717, 1.165) is 25.1 Å². The van der Waals surface area contributed by atoms with Crippen LogP contribution in [0.3, 0.4) is 0 Å². The van der Waals surface area contributed by atoms with Crippen molar-refractivity contribution in [2.24, 2.45) is 5.92 Å². The number of rotatable bonds is 2. The first-order valence-corrected chi connectivity index (χ1v) is 5.99. The average molecular weight is 257 g/mol. The average Bonchev–Trinajstić information content (AvgIpc) is 2.32. The lowest BCUT2D eigenvalue weighted by Gasteiger charge is -2.20. The topological polar surface area (TPSA) is 30.0 Å². The van der Waals surface area contributed by atoms with E-state index in [1.165, 1.54) is 6.07 Å². The van der Waals surface area contributed by atoms with Gasteiger partial charge in [-0.2, -0.15) is 13.2 Å². The molecule has 0 aliphatic heterocycles. The van der Waals surface area contributed by atoms with Crippen LogP contribution in [-0.2, 0) is 17.4 Å². The lowest BCUT2D eigenvalue weighted by atomic mass is 9.85. The fraction of sp³-hybridized carbons (Fsp3) is 0.538. The lowest BCUT2D eigenvalue weighted by molar-refractivity contribution is -0.137. The Labute approximate surface area is 103 Å². The minimum Gasteiger partial charge on any atom is -0.300 e. The molecule has 0 aromatic carbocycles. The molecule has 0 N–H and O–H groups in total. The SMILES string of the molecule is O=C1CCC(Cc2ccc(C(F)(F)F)cn2)CC1. The van der Waals surface area contributed by atoms with E-state index in [1.54, 1.807) is 0 Å². The first-order valence-electron chi connectivity index (χ1n) is 5.99. The molecule has 2 rings (SSSR count). The van der Waals surface area contributed by atoms with Gasteiger partial charge in [-0.25, -0.2) is 0 Å². The fourth-order valence-electron chi connectivity index (χ4n) is 2.21. The van der Waals surface area contributed by atoms with Gasteiger partial charge in [-0.1, -0.05) is 0 Å². The van der Waals surface area contributed by atoms with Gasteiger partial charge in [0.15, 0.2) is 0 Å². The molecule has 1 aromatic rings. The summed E-state index contributed by atoms with van der Waals surface area (Å²) in [5.74, 6) is 0.651. The van der Waals surface area contributed by atoms with Crippen molar-refractivity contribution in [3.63, 3.8) is 0 Å². The number of hydrogen-bond donors (Lipinski definition) is 0. The summed E-state index contributed by atoms with van der Waals surface area (Å²) in [7, 11) is 0. The molecule has 0 atom stereocenters. The van der Waals surface area contributed by atoms with Crippen molar-refractivity contribution in [2.45, 2.75) is 38.3 Å². The Hall–Kier alpha value is -1.39. The normalized spacial score (nSPS) is 18.1. The van der Waals surface area contributed by atoms with Crippen LogP contribution < -0.4 is 0 Å². The number of ketones is 1. The molecule has 1 aliphatic rings. The van der Waals surface area contributed by atoms with E-state index in [2.05, 4.69) is 4.98 Å². The molecule has 18 heavy (non-hydrogen) atoms. The van der Waals surface area contributed by atoms with Crippen molar-refractivity contribution in [2.75, 3.05) is 0 Å². The number of hydrogen-bond acceptors (Lipinski definition) is 2. The second-order valence-corrected chi connectivity index (χ2v) is 4.72. The molecular formula is C13H14F3NO. The zero-order valence-electron chi connectivity index (χ0n) is 9.83. The standard InChI is InChI=1S/C13H14F3NO/c14-13(15,16)10-3-4-11(17-8-10)7-9-1-5-12(18)6-2-9/h3-4,8-9H,1-2,5-7H2. The maximum Gasteiger partial charge on any atom is 0.417 e. The molecule has 98 valence electrons. The number of carbonyl (C=O) groups is 1. The number of Topliss-reactive ketones (excluding diaryl/α,β-unsaturated/α-hetero) is 1. The molecule has 0 saturated heterocycles. The highest BCUT2D eigenvalue weighted by Crippen LogP contribution is 2.29. The maximum atomic E-state index is 12.3. The highest BCUT2D eigenvalue weighted by atomic mass is 19.4. The third kappa shape index (κ3) is 3.31. The predicted octanol–water partition coefficient (Wildman–Crippen LogP) is 3.40. The van der Waals surface area contributed by atoms with Crippen molar-refractivity contribution in [3.8, 4) is 0 Å². The maximum absolute atomic E-state index is 12.3. The van der Waals surface area contributed by atoms with Crippen LogP contribution in [0.2, 0.25) is 0 Å². The van der Waals surface area contributed by atoms with E-state index in [4.69, 9.17) is 0 Å². The number of carbonyl (C=O) groups excluding carboxylic acids is 1. The zero-order chi connectivity index (χ0) is 13.2. The fourth-order valence-corrected chi connectivity index (χ4v) is 2.21. The largest absolute Gasteiger partial charge is 0.417 e. The monoisotopic (exact) mass is 257 g/mol. The highest BCUT2D eigenvalue weighted by Gasteiger charge is 2.30. The van der Waals surface area contributed by atoms with E-state index in [0.29, 0.717) is 30.9 Å². The first kappa shape index (κ1) is 13.1. The van der Waals surface area contributed by atoms with Crippen LogP contribution in [0.15, 0.2) is 18.3 Å². The van der Waals surface area contributed by atoms with Gasteiger partial charge in [-0.3, -0.25) is 9.78 Å². The van der Waals surface area contributed by atoms with Crippen molar-refractivity contribution in [1.82, 2.24) is 4.98 Å². The first-order chi connectivity index (χ1) is 8.45. The van der Waals surface area contributed by atoms with Gasteiger partial charge in [-0.15, -0.1) is 0 Å². The van der Waals surface area contributed by atoms with Gasteiger partial charge >= 0.3 is 6.18 Å². The third-order valence-corrected chi connectivity index (χ3v) is 3.31. The summed E-state index contributed by atoms with van der Waals surface area (Å²) in [5.41, 5.74) is -0.0487. The van der Waals surface area contributed by atoms with Gasteiger partial charge in [0.2, 0.25) is 0 Å². The Morgan fingerprint density at radius 2 is 1.89 bits per heavy atom. The summed E-state index contributed by atoms with van der Waals surface area (Å²) in [6, 6.07) is 2.50. The van der Waals surface area contributed by atoms with Gasteiger partial charge < -0.3 is 0 Å². The van der Waals surface area contributed by atoms with Gasteiger partial charge in [0.25, 0.3) is 0 Å². The van der Waals surface area contributed by atoms with Crippen LogP contribution in [0, 0.1) is 5.92 Å². The summed E-state index contributed by atoms with van der Waals surface area (Å²) in [5, 5.41) is 0. The van der Waals surface area contributed by atoms with Crippen LogP contribution in [0.1, 0.15) is 36.9 Å². The molecule has 2 nitrogen and oxygen atoms in total. The zero-order valence-corrected chi connectivity index (χ0v) is 9.83. The van der Waals surface area contributed by atoms with E-state index in [1.807, 2.05) is 0 Å². The quantitative estimate of drug-likeness (QED) is 0.812. The van der Waals surface area contributed by atoms with E-state index >= 15 is 0 Å².